The third kappa shape index (κ3) is 4.44. The summed E-state index contributed by atoms with van der Waals surface area (Å²) in [6.07, 6.45) is 2.34. The van der Waals surface area contributed by atoms with Crippen molar-refractivity contribution in [2.24, 2.45) is 0 Å². The van der Waals surface area contributed by atoms with Crippen LogP contribution < -0.4 is 10.2 Å². The molecule has 0 amide bonds. The minimum Gasteiger partial charge on any atom is -0.338 e. The number of hydrogen-bond acceptors (Lipinski definition) is 8. The average molecular weight is 403 g/mol. The van der Waals surface area contributed by atoms with E-state index in [0.29, 0.717) is 41.1 Å². The van der Waals surface area contributed by atoms with Crippen LogP contribution in [0.15, 0.2) is 48.7 Å². The molecular weight excluding hydrogens is 378 g/mol. The third-order valence-corrected chi connectivity index (χ3v) is 5.09. The highest BCUT2D eigenvalue weighted by Gasteiger charge is 2.20. The molecule has 0 bridgehead atoms. The van der Waals surface area contributed by atoms with Crippen molar-refractivity contribution in [3.63, 3.8) is 0 Å². The van der Waals surface area contributed by atoms with Crippen molar-refractivity contribution in [2.75, 3.05) is 43.4 Å². The van der Waals surface area contributed by atoms with E-state index in [2.05, 4.69) is 42.1 Å². The van der Waals surface area contributed by atoms with Gasteiger partial charge in [-0.3, -0.25) is 4.79 Å². The lowest BCUT2D eigenvalue weighted by Crippen LogP contribution is -2.45. The molecule has 0 unspecified atom stereocenters. The van der Waals surface area contributed by atoms with E-state index in [9.17, 15) is 4.79 Å². The lowest BCUT2D eigenvalue weighted by atomic mass is 10.0. The van der Waals surface area contributed by atoms with E-state index in [0.717, 1.165) is 26.2 Å². The molecule has 4 rings (SSSR count). The second-order valence-electron chi connectivity index (χ2n) is 7.24. The third-order valence-electron chi connectivity index (χ3n) is 5.09. The number of piperazine rings is 1. The first-order valence-electron chi connectivity index (χ1n) is 10.1. The number of ketones is 1. The molecule has 1 fully saturated rings. The average Bonchev–Trinajstić information content (AvgIpc) is 2.80. The fourth-order valence-electron chi connectivity index (χ4n) is 3.31. The molecule has 1 aromatic carbocycles. The molecule has 0 radical (unpaired) electrons. The first kappa shape index (κ1) is 19.9. The molecule has 0 saturated carbocycles. The summed E-state index contributed by atoms with van der Waals surface area (Å²) in [6.45, 7) is 5.67. The predicted molar refractivity (Wildman–Crippen MR) is 116 cm³/mol. The van der Waals surface area contributed by atoms with Crippen LogP contribution in [-0.2, 0) is 6.42 Å². The second kappa shape index (κ2) is 8.96. The van der Waals surface area contributed by atoms with Crippen molar-refractivity contribution in [2.45, 2.75) is 13.3 Å². The fraction of sp³-hybridized carbons (Fsp3) is 0.318. The molecule has 8 heteroatoms. The first-order valence-corrected chi connectivity index (χ1v) is 10.1. The highest BCUT2D eigenvalue weighted by Crippen LogP contribution is 2.21. The highest BCUT2D eigenvalue weighted by molar-refractivity contribution is 6.12. The molecule has 0 atom stereocenters. The van der Waals surface area contributed by atoms with Crippen LogP contribution in [0.5, 0.6) is 0 Å². The zero-order valence-electron chi connectivity index (χ0n) is 17.2. The summed E-state index contributed by atoms with van der Waals surface area (Å²) in [5, 5.41) is 3.15. The van der Waals surface area contributed by atoms with Gasteiger partial charge in [0.1, 0.15) is 11.6 Å². The number of pyridine rings is 1. The Morgan fingerprint density at radius 3 is 2.50 bits per heavy atom. The zero-order chi connectivity index (χ0) is 20.9. The quantitative estimate of drug-likeness (QED) is 0.629. The number of nitrogens with zero attached hydrogens (tertiary/aromatic N) is 6. The fourth-order valence-corrected chi connectivity index (χ4v) is 3.31. The number of carbonyl (C=O) groups excluding carboxylic acids is 1. The summed E-state index contributed by atoms with van der Waals surface area (Å²) in [5.41, 5.74) is 1.08. The standard InChI is InChI=1S/C22H25N7O/c1-3-18-24-21(27-22(25-18)29-14-12-28(2)13-15-29)26-20-17(10-7-11-23-20)19(30)16-8-5-4-6-9-16/h4-11H,3,12-15H2,1-2H3,(H,23,24,25,26,27). The molecule has 1 aliphatic rings. The maximum Gasteiger partial charge on any atom is 0.233 e. The van der Waals surface area contributed by atoms with Crippen LogP contribution in [0.1, 0.15) is 28.7 Å². The van der Waals surface area contributed by atoms with Crippen LogP contribution in [0.2, 0.25) is 0 Å². The van der Waals surface area contributed by atoms with E-state index in [4.69, 9.17) is 0 Å². The Labute approximate surface area is 176 Å². The Bertz CT molecular complexity index is 1020. The maximum atomic E-state index is 13.0. The number of aryl methyl sites for hydroxylation is 1. The molecule has 3 heterocycles. The highest BCUT2D eigenvalue weighted by atomic mass is 16.1. The Balaban J connectivity index is 1.63. The van der Waals surface area contributed by atoms with Gasteiger partial charge in [0.2, 0.25) is 11.9 Å². The lowest BCUT2D eigenvalue weighted by molar-refractivity contribution is 0.103. The number of benzene rings is 1. The van der Waals surface area contributed by atoms with Gasteiger partial charge in [-0.15, -0.1) is 0 Å². The van der Waals surface area contributed by atoms with Crippen molar-refractivity contribution in [3.8, 4) is 0 Å². The van der Waals surface area contributed by atoms with Gasteiger partial charge < -0.3 is 15.1 Å². The second-order valence-corrected chi connectivity index (χ2v) is 7.24. The van der Waals surface area contributed by atoms with Crippen LogP contribution in [0.25, 0.3) is 0 Å². The molecule has 0 spiro atoms. The van der Waals surface area contributed by atoms with Crippen molar-refractivity contribution in [1.29, 1.82) is 0 Å². The number of aromatic nitrogens is 4. The number of nitrogens with one attached hydrogen (secondary N) is 1. The summed E-state index contributed by atoms with van der Waals surface area (Å²) >= 11 is 0. The van der Waals surface area contributed by atoms with E-state index in [1.807, 2.05) is 25.1 Å². The largest absolute Gasteiger partial charge is 0.338 e. The van der Waals surface area contributed by atoms with Crippen molar-refractivity contribution >= 4 is 23.5 Å². The van der Waals surface area contributed by atoms with Crippen LogP contribution in [0.3, 0.4) is 0 Å². The molecule has 2 aromatic heterocycles. The molecule has 8 nitrogen and oxygen atoms in total. The zero-order valence-corrected chi connectivity index (χ0v) is 17.2. The molecule has 30 heavy (non-hydrogen) atoms. The topological polar surface area (TPSA) is 87.1 Å². The molecule has 1 saturated heterocycles. The Morgan fingerprint density at radius 1 is 1.00 bits per heavy atom. The van der Waals surface area contributed by atoms with E-state index < -0.39 is 0 Å². The number of carbonyl (C=O) groups is 1. The van der Waals surface area contributed by atoms with E-state index in [-0.39, 0.29) is 5.78 Å². The number of hydrogen-bond donors (Lipinski definition) is 1. The van der Waals surface area contributed by atoms with Gasteiger partial charge in [0.05, 0.1) is 5.56 Å². The molecule has 0 aliphatic carbocycles. The molecule has 1 aliphatic heterocycles. The van der Waals surface area contributed by atoms with Gasteiger partial charge in [-0.05, 0) is 19.2 Å². The van der Waals surface area contributed by atoms with E-state index in [1.165, 1.54) is 0 Å². The van der Waals surface area contributed by atoms with Crippen LogP contribution in [0, 0.1) is 0 Å². The summed E-state index contributed by atoms with van der Waals surface area (Å²) in [7, 11) is 2.11. The summed E-state index contributed by atoms with van der Waals surface area (Å²) in [4.78, 5) is 35.5. The van der Waals surface area contributed by atoms with Crippen LogP contribution in [-0.4, -0.2) is 63.8 Å². The van der Waals surface area contributed by atoms with Crippen LogP contribution in [0.4, 0.5) is 17.7 Å². The van der Waals surface area contributed by atoms with Gasteiger partial charge >= 0.3 is 0 Å². The SMILES string of the molecule is CCc1nc(Nc2ncccc2C(=O)c2ccccc2)nc(N2CCN(C)CC2)n1. The Morgan fingerprint density at radius 2 is 1.77 bits per heavy atom. The Hall–Kier alpha value is -3.39. The van der Waals surface area contributed by atoms with Crippen molar-refractivity contribution < 1.29 is 4.79 Å². The monoisotopic (exact) mass is 403 g/mol. The minimum atomic E-state index is -0.102. The molecule has 154 valence electrons. The van der Waals surface area contributed by atoms with Crippen molar-refractivity contribution in [3.05, 3.63) is 65.6 Å². The van der Waals surface area contributed by atoms with E-state index in [1.54, 1.807) is 30.5 Å². The van der Waals surface area contributed by atoms with Gasteiger partial charge in [0, 0.05) is 44.4 Å². The van der Waals surface area contributed by atoms with E-state index >= 15 is 0 Å². The molecule has 1 N–H and O–H groups in total. The predicted octanol–water partition coefficient (Wildman–Crippen LogP) is 2.56. The number of anilines is 3. The molecule has 3 aromatic rings. The van der Waals surface area contributed by atoms with Gasteiger partial charge in [-0.2, -0.15) is 15.0 Å². The maximum absolute atomic E-state index is 13.0. The Kier molecular flexibility index (Phi) is 5.94. The summed E-state index contributed by atoms with van der Waals surface area (Å²) < 4.78 is 0. The lowest BCUT2D eigenvalue weighted by Gasteiger charge is -2.32. The summed E-state index contributed by atoms with van der Waals surface area (Å²) in [6, 6.07) is 12.7. The van der Waals surface area contributed by atoms with Gasteiger partial charge in [-0.25, -0.2) is 4.98 Å². The van der Waals surface area contributed by atoms with Gasteiger partial charge in [-0.1, -0.05) is 37.3 Å². The van der Waals surface area contributed by atoms with Gasteiger partial charge in [0.25, 0.3) is 0 Å². The van der Waals surface area contributed by atoms with Crippen molar-refractivity contribution in [1.82, 2.24) is 24.8 Å². The first-order chi connectivity index (χ1) is 14.6. The molecular formula is C22H25N7O. The van der Waals surface area contributed by atoms with Crippen LogP contribution >= 0.6 is 0 Å². The number of rotatable bonds is 6. The van der Waals surface area contributed by atoms with Gasteiger partial charge in [0.15, 0.2) is 5.78 Å². The normalized spacial score (nSPS) is 14.5. The number of likely N-dealkylation sites (N-methyl/N-ethyl adjacent to an activating group) is 1. The minimum absolute atomic E-state index is 0.102. The smallest absolute Gasteiger partial charge is 0.233 e. The summed E-state index contributed by atoms with van der Waals surface area (Å²) in [5.74, 6) is 2.09.